The van der Waals surface area contributed by atoms with Gasteiger partial charge < -0.3 is 11.1 Å². The summed E-state index contributed by atoms with van der Waals surface area (Å²) < 4.78 is 27.9. The largest absolute Gasteiger partial charge is 0.329 e. The number of benzene rings is 1. The Kier molecular flexibility index (Phi) is 8.20. The molecule has 8 heteroatoms. The van der Waals surface area contributed by atoms with Gasteiger partial charge in [-0.3, -0.25) is 4.79 Å². The lowest BCUT2D eigenvalue weighted by Gasteiger charge is -2.31. The number of hydrogen-bond donors (Lipinski definition) is 3. The third kappa shape index (κ3) is 5.46. The van der Waals surface area contributed by atoms with Crippen LogP contribution in [0.5, 0.6) is 0 Å². The van der Waals surface area contributed by atoms with E-state index in [1.165, 1.54) is 19.1 Å². The number of carbonyl (C=O) groups is 1. The van der Waals surface area contributed by atoms with Crippen molar-refractivity contribution >= 4 is 34.0 Å². The van der Waals surface area contributed by atoms with Crippen molar-refractivity contribution < 1.29 is 13.2 Å². The lowest BCUT2D eigenvalue weighted by molar-refractivity contribution is -0.114. The molecule has 0 atom stereocenters. The Bertz CT molecular complexity index is 635. The predicted octanol–water partition coefficient (Wildman–Crippen LogP) is 2.17. The second-order valence-corrected chi connectivity index (χ2v) is 7.14. The number of nitrogens with one attached hydrogen (secondary N) is 2. The maximum atomic E-state index is 12.6. The molecule has 0 aliphatic carbocycles. The molecular formula is C15H26ClN3O3S. The van der Waals surface area contributed by atoms with Gasteiger partial charge in [-0.2, -0.15) is 0 Å². The summed E-state index contributed by atoms with van der Waals surface area (Å²) in [5, 5.41) is 2.63. The fourth-order valence-electron chi connectivity index (χ4n) is 2.16. The molecule has 4 N–H and O–H groups in total. The highest BCUT2D eigenvalue weighted by Gasteiger charge is 2.31. The molecule has 0 fully saturated rings. The van der Waals surface area contributed by atoms with Gasteiger partial charge in [-0.1, -0.05) is 19.9 Å². The molecule has 0 saturated heterocycles. The van der Waals surface area contributed by atoms with E-state index in [1.54, 1.807) is 13.0 Å². The van der Waals surface area contributed by atoms with Gasteiger partial charge in [-0.05, 0) is 37.5 Å². The second-order valence-electron chi connectivity index (χ2n) is 5.45. The number of nitrogens with two attached hydrogens (primary N) is 1. The minimum Gasteiger partial charge on any atom is -0.329 e. The van der Waals surface area contributed by atoms with Crippen LogP contribution in [0.4, 0.5) is 5.69 Å². The summed E-state index contributed by atoms with van der Waals surface area (Å²) in [6, 6.07) is 4.66. The second kappa shape index (κ2) is 8.63. The van der Waals surface area contributed by atoms with Crippen molar-refractivity contribution in [1.82, 2.24) is 4.72 Å². The Morgan fingerprint density at radius 1 is 1.26 bits per heavy atom. The summed E-state index contributed by atoms with van der Waals surface area (Å²) >= 11 is 0. The van der Waals surface area contributed by atoms with Gasteiger partial charge in [0.1, 0.15) is 0 Å². The molecular weight excluding hydrogens is 338 g/mol. The predicted molar refractivity (Wildman–Crippen MR) is 95.4 cm³/mol. The van der Waals surface area contributed by atoms with Gasteiger partial charge in [0.2, 0.25) is 15.9 Å². The van der Waals surface area contributed by atoms with Gasteiger partial charge >= 0.3 is 0 Å². The number of hydrogen-bond acceptors (Lipinski definition) is 4. The van der Waals surface area contributed by atoms with E-state index in [1.807, 2.05) is 13.8 Å². The summed E-state index contributed by atoms with van der Waals surface area (Å²) in [6.45, 7) is 7.21. The minimum absolute atomic E-state index is 0. The minimum atomic E-state index is -3.71. The molecule has 6 nitrogen and oxygen atoms in total. The first-order valence-electron chi connectivity index (χ1n) is 7.32. The highest BCUT2D eigenvalue weighted by Crippen LogP contribution is 2.23. The van der Waals surface area contributed by atoms with Crippen LogP contribution < -0.4 is 15.8 Å². The monoisotopic (exact) mass is 363 g/mol. The van der Waals surface area contributed by atoms with Gasteiger partial charge in [-0.25, -0.2) is 13.1 Å². The summed E-state index contributed by atoms with van der Waals surface area (Å²) in [7, 11) is -3.71. The molecule has 1 amide bonds. The van der Waals surface area contributed by atoms with Gasteiger partial charge in [-0.15, -0.1) is 12.4 Å². The highest BCUT2D eigenvalue weighted by atomic mass is 35.5. The summed E-state index contributed by atoms with van der Waals surface area (Å²) in [5.74, 6) is -0.246. The van der Waals surface area contributed by atoms with E-state index in [0.717, 1.165) is 5.56 Å². The van der Waals surface area contributed by atoms with Crippen LogP contribution in [0.3, 0.4) is 0 Å². The Morgan fingerprint density at radius 2 is 1.83 bits per heavy atom. The zero-order valence-corrected chi connectivity index (χ0v) is 15.6. The normalized spacial score (nSPS) is 11.7. The van der Waals surface area contributed by atoms with Gasteiger partial charge in [0.05, 0.1) is 4.90 Å². The smallest absolute Gasteiger partial charge is 0.241 e. The lowest BCUT2D eigenvalue weighted by atomic mass is 9.95. The highest BCUT2D eigenvalue weighted by molar-refractivity contribution is 7.89. The fraction of sp³-hybridized carbons (Fsp3) is 0.533. The van der Waals surface area contributed by atoms with Crippen LogP contribution in [0, 0.1) is 6.92 Å². The SMILES string of the molecule is CCC(CC)(CN)NS(=O)(=O)c1ccc(C)c(NC(C)=O)c1.Cl. The first kappa shape index (κ1) is 21.9. The van der Waals surface area contributed by atoms with E-state index in [-0.39, 0.29) is 29.8 Å². The molecule has 0 saturated carbocycles. The Balaban J connectivity index is 0.00000484. The maximum Gasteiger partial charge on any atom is 0.241 e. The topological polar surface area (TPSA) is 101 Å². The molecule has 0 aliphatic rings. The molecule has 132 valence electrons. The van der Waals surface area contributed by atoms with Crippen LogP contribution in [-0.2, 0) is 14.8 Å². The van der Waals surface area contributed by atoms with Crippen LogP contribution in [0.15, 0.2) is 23.1 Å². The van der Waals surface area contributed by atoms with E-state index in [4.69, 9.17) is 5.73 Å². The number of anilines is 1. The number of rotatable bonds is 7. The third-order valence-electron chi connectivity index (χ3n) is 3.93. The molecule has 0 aromatic heterocycles. The number of carbonyl (C=O) groups excluding carboxylic acids is 1. The summed E-state index contributed by atoms with van der Waals surface area (Å²) in [5.41, 5.74) is 6.38. The van der Waals surface area contributed by atoms with Crippen molar-refractivity contribution in [3.8, 4) is 0 Å². The molecule has 1 rings (SSSR count). The molecule has 0 radical (unpaired) electrons. The molecule has 0 heterocycles. The lowest BCUT2D eigenvalue weighted by Crippen LogP contribution is -2.52. The number of sulfonamides is 1. The van der Waals surface area contributed by atoms with Crippen LogP contribution in [0.2, 0.25) is 0 Å². The van der Waals surface area contributed by atoms with Crippen molar-refractivity contribution in [2.24, 2.45) is 5.73 Å². The van der Waals surface area contributed by atoms with Crippen molar-refractivity contribution in [1.29, 1.82) is 0 Å². The van der Waals surface area contributed by atoms with Crippen molar-refractivity contribution in [3.63, 3.8) is 0 Å². The van der Waals surface area contributed by atoms with Crippen LogP contribution in [-0.4, -0.2) is 26.4 Å². The van der Waals surface area contributed by atoms with E-state index in [2.05, 4.69) is 10.0 Å². The van der Waals surface area contributed by atoms with Gasteiger partial charge in [0.15, 0.2) is 0 Å². The molecule has 0 unspecified atom stereocenters. The number of aryl methyl sites for hydroxylation is 1. The molecule has 1 aromatic carbocycles. The van der Waals surface area contributed by atoms with E-state index in [0.29, 0.717) is 18.5 Å². The number of amides is 1. The average molecular weight is 364 g/mol. The first-order chi connectivity index (χ1) is 10.2. The third-order valence-corrected chi connectivity index (χ3v) is 5.50. The maximum absolute atomic E-state index is 12.6. The van der Waals surface area contributed by atoms with E-state index in [9.17, 15) is 13.2 Å². The van der Waals surface area contributed by atoms with Gasteiger partial charge in [0.25, 0.3) is 0 Å². The molecule has 1 aromatic rings. The molecule has 0 bridgehead atoms. The van der Waals surface area contributed by atoms with Crippen LogP contribution >= 0.6 is 12.4 Å². The van der Waals surface area contributed by atoms with Crippen molar-refractivity contribution in [2.45, 2.75) is 51.0 Å². The summed E-state index contributed by atoms with van der Waals surface area (Å²) in [4.78, 5) is 11.3. The zero-order chi connectivity index (χ0) is 17.0. The number of halogens is 1. The first-order valence-corrected chi connectivity index (χ1v) is 8.80. The van der Waals surface area contributed by atoms with Crippen LogP contribution in [0.1, 0.15) is 39.2 Å². The quantitative estimate of drug-likeness (QED) is 0.690. The molecule has 0 spiro atoms. The Labute approximate surface area is 144 Å². The average Bonchev–Trinajstić information content (AvgIpc) is 2.46. The molecule has 0 aliphatic heterocycles. The standard InChI is InChI=1S/C15H25N3O3S.ClH/c1-5-15(6-2,10-16)18-22(20,21)13-8-7-11(3)14(9-13)17-12(4)19;/h7-9,18H,5-6,10,16H2,1-4H3,(H,17,19);1H. The zero-order valence-electron chi connectivity index (χ0n) is 14.0. The Hall–Kier alpha value is -1.15. The Morgan fingerprint density at radius 3 is 2.26 bits per heavy atom. The fourth-order valence-corrected chi connectivity index (χ4v) is 3.74. The summed E-state index contributed by atoms with van der Waals surface area (Å²) in [6.07, 6.45) is 1.20. The molecule has 23 heavy (non-hydrogen) atoms. The van der Waals surface area contributed by atoms with E-state index < -0.39 is 15.6 Å². The van der Waals surface area contributed by atoms with Crippen molar-refractivity contribution in [3.05, 3.63) is 23.8 Å². The van der Waals surface area contributed by atoms with Crippen molar-refractivity contribution in [2.75, 3.05) is 11.9 Å². The van der Waals surface area contributed by atoms with E-state index >= 15 is 0 Å². The van der Waals surface area contributed by atoms with Crippen LogP contribution in [0.25, 0.3) is 0 Å². The van der Waals surface area contributed by atoms with Gasteiger partial charge in [0, 0.05) is 24.7 Å².